The van der Waals surface area contributed by atoms with Crippen LogP contribution in [0.25, 0.3) is 11.0 Å². The zero-order valence-electron chi connectivity index (χ0n) is 10.2. The minimum Gasteiger partial charge on any atom is -0.345 e. The van der Waals surface area contributed by atoms with E-state index in [9.17, 15) is 13.6 Å². The second kappa shape index (κ2) is 4.73. The summed E-state index contributed by atoms with van der Waals surface area (Å²) in [5, 5.41) is 2.23. The van der Waals surface area contributed by atoms with E-state index in [2.05, 4.69) is 15.3 Å². The van der Waals surface area contributed by atoms with Gasteiger partial charge in [0.15, 0.2) is 0 Å². The SMILES string of the molecule is O=C(Nc1c(F)cccc1F)c1ccc2nc[nH]c2c1. The second-order valence-electron chi connectivity index (χ2n) is 4.19. The highest BCUT2D eigenvalue weighted by molar-refractivity contribution is 6.06. The smallest absolute Gasteiger partial charge is 0.255 e. The van der Waals surface area contributed by atoms with Crippen molar-refractivity contribution >= 4 is 22.6 Å². The van der Waals surface area contributed by atoms with Crippen LogP contribution < -0.4 is 5.32 Å². The number of para-hydroxylation sites is 1. The number of amides is 1. The molecule has 0 aliphatic rings. The van der Waals surface area contributed by atoms with E-state index in [1.165, 1.54) is 18.5 Å². The molecule has 3 rings (SSSR count). The van der Waals surface area contributed by atoms with Crippen molar-refractivity contribution in [3.63, 3.8) is 0 Å². The molecule has 1 amide bonds. The van der Waals surface area contributed by atoms with Gasteiger partial charge < -0.3 is 10.3 Å². The first-order valence-electron chi connectivity index (χ1n) is 5.83. The molecule has 0 bridgehead atoms. The summed E-state index contributed by atoms with van der Waals surface area (Å²) in [4.78, 5) is 18.9. The van der Waals surface area contributed by atoms with Crippen molar-refractivity contribution in [2.24, 2.45) is 0 Å². The Labute approximate surface area is 112 Å². The summed E-state index contributed by atoms with van der Waals surface area (Å²) in [6.07, 6.45) is 1.50. The molecule has 6 heteroatoms. The zero-order valence-corrected chi connectivity index (χ0v) is 10.2. The number of nitrogens with one attached hydrogen (secondary N) is 2. The molecular formula is C14H9F2N3O. The number of halogens is 2. The number of aromatic amines is 1. The lowest BCUT2D eigenvalue weighted by Crippen LogP contribution is -2.14. The fourth-order valence-electron chi connectivity index (χ4n) is 1.88. The van der Waals surface area contributed by atoms with Crippen LogP contribution in [0.15, 0.2) is 42.7 Å². The maximum Gasteiger partial charge on any atom is 0.255 e. The molecule has 0 saturated carbocycles. The van der Waals surface area contributed by atoms with E-state index in [0.29, 0.717) is 11.0 Å². The van der Waals surface area contributed by atoms with E-state index in [-0.39, 0.29) is 5.56 Å². The van der Waals surface area contributed by atoms with E-state index >= 15 is 0 Å². The number of benzene rings is 2. The van der Waals surface area contributed by atoms with Crippen molar-refractivity contribution in [2.45, 2.75) is 0 Å². The normalized spacial score (nSPS) is 10.7. The van der Waals surface area contributed by atoms with Crippen molar-refractivity contribution in [2.75, 3.05) is 5.32 Å². The quantitative estimate of drug-likeness (QED) is 0.753. The third-order valence-corrected chi connectivity index (χ3v) is 2.88. The lowest BCUT2D eigenvalue weighted by molar-refractivity contribution is 0.102. The van der Waals surface area contributed by atoms with Crippen molar-refractivity contribution < 1.29 is 13.6 Å². The van der Waals surface area contributed by atoms with E-state index in [1.807, 2.05) is 0 Å². The fraction of sp³-hybridized carbons (Fsp3) is 0. The van der Waals surface area contributed by atoms with E-state index < -0.39 is 23.2 Å². The second-order valence-corrected chi connectivity index (χ2v) is 4.19. The van der Waals surface area contributed by atoms with Gasteiger partial charge in [-0.05, 0) is 30.3 Å². The number of nitrogens with zero attached hydrogens (tertiary/aromatic N) is 1. The monoisotopic (exact) mass is 273 g/mol. The molecule has 1 aromatic heterocycles. The number of hydrogen-bond acceptors (Lipinski definition) is 2. The van der Waals surface area contributed by atoms with Crippen LogP contribution in [0.1, 0.15) is 10.4 Å². The van der Waals surface area contributed by atoms with Crippen LogP contribution in [0, 0.1) is 11.6 Å². The summed E-state index contributed by atoms with van der Waals surface area (Å²) in [6.45, 7) is 0. The van der Waals surface area contributed by atoms with E-state index in [1.54, 1.807) is 12.1 Å². The lowest BCUT2D eigenvalue weighted by atomic mass is 10.2. The third-order valence-electron chi connectivity index (χ3n) is 2.88. The maximum absolute atomic E-state index is 13.5. The first-order chi connectivity index (χ1) is 9.65. The Morgan fingerprint density at radius 2 is 1.90 bits per heavy atom. The van der Waals surface area contributed by atoms with Crippen molar-refractivity contribution in [1.82, 2.24) is 9.97 Å². The molecule has 0 unspecified atom stereocenters. The molecule has 0 radical (unpaired) electrons. The molecule has 100 valence electrons. The number of fused-ring (bicyclic) bond motifs is 1. The molecule has 1 heterocycles. The Balaban J connectivity index is 1.92. The van der Waals surface area contributed by atoms with Crippen molar-refractivity contribution in [3.8, 4) is 0 Å². The van der Waals surface area contributed by atoms with Crippen LogP contribution in [0.2, 0.25) is 0 Å². The fourth-order valence-corrected chi connectivity index (χ4v) is 1.88. The summed E-state index contributed by atoms with van der Waals surface area (Å²) in [7, 11) is 0. The van der Waals surface area contributed by atoms with Gasteiger partial charge in [0.1, 0.15) is 17.3 Å². The van der Waals surface area contributed by atoms with Crippen molar-refractivity contribution in [3.05, 3.63) is 59.9 Å². The van der Waals surface area contributed by atoms with Crippen LogP contribution in [0.5, 0.6) is 0 Å². The molecule has 3 aromatic rings. The minimum absolute atomic E-state index is 0.282. The number of hydrogen-bond donors (Lipinski definition) is 2. The molecule has 20 heavy (non-hydrogen) atoms. The molecule has 0 aliphatic carbocycles. The number of aromatic nitrogens is 2. The predicted molar refractivity (Wildman–Crippen MR) is 70.4 cm³/mol. The first-order valence-corrected chi connectivity index (χ1v) is 5.83. The van der Waals surface area contributed by atoms with Crippen LogP contribution in [0.3, 0.4) is 0 Å². The Morgan fingerprint density at radius 1 is 1.15 bits per heavy atom. The van der Waals surface area contributed by atoms with Gasteiger partial charge >= 0.3 is 0 Å². The van der Waals surface area contributed by atoms with Gasteiger partial charge in [0.25, 0.3) is 5.91 Å². The van der Waals surface area contributed by atoms with Crippen LogP contribution in [-0.4, -0.2) is 15.9 Å². The number of imidazole rings is 1. The van der Waals surface area contributed by atoms with Gasteiger partial charge in [-0.15, -0.1) is 0 Å². The summed E-state index contributed by atoms with van der Waals surface area (Å²) < 4.78 is 26.9. The van der Waals surface area contributed by atoms with Crippen LogP contribution in [0.4, 0.5) is 14.5 Å². The standard InChI is InChI=1S/C14H9F2N3O/c15-9-2-1-3-10(16)13(9)19-14(20)8-4-5-11-12(6-8)18-7-17-11/h1-7H,(H,17,18)(H,19,20). The number of carbonyl (C=O) groups is 1. The number of rotatable bonds is 2. The number of carbonyl (C=O) groups excluding carboxylic acids is 1. The van der Waals surface area contributed by atoms with E-state index in [4.69, 9.17) is 0 Å². The molecule has 0 fully saturated rings. The molecule has 0 aliphatic heterocycles. The Hall–Kier alpha value is -2.76. The predicted octanol–water partition coefficient (Wildman–Crippen LogP) is 3.09. The molecule has 4 nitrogen and oxygen atoms in total. The zero-order chi connectivity index (χ0) is 14.1. The average Bonchev–Trinajstić information content (AvgIpc) is 2.90. The largest absolute Gasteiger partial charge is 0.345 e. The summed E-state index contributed by atoms with van der Waals surface area (Å²) in [5.41, 5.74) is 1.21. The molecule has 2 N–H and O–H groups in total. The van der Waals surface area contributed by atoms with Gasteiger partial charge in [0, 0.05) is 5.56 Å². The van der Waals surface area contributed by atoms with Gasteiger partial charge in [0.05, 0.1) is 17.4 Å². The highest BCUT2D eigenvalue weighted by Crippen LogP contribution is 2.19. The maximum atomic E-state index is 13.5. The molecule has 0 spiro atoms. The van der Waals surface area contributed by atoms with E-state index in [0.717, 1.165) is 12.1 Å². The number of H-pyrrole nitrogens is 1. The molecule has 0 saturated heterocycles. The number of anilines is 1. The molecule has 0 atom stereocenters. The molecule has 2 aromatic carbocycles. The summed E-state index contributed by atoms with van der Waals surface area (Å²) in [6, 6.07) is 8.15. The van der Waals surface area contributed by atoms with Gasteiger partial charge in [0.2, 0.25) is 0 Å². The topological polar surface area (TPSA) is 57.8 Å². The van der Waals surface area contributed by atoms with Gasteiger partial charge in [-0.25, -0.2) is 13.8 Å². The first kappa shape index (κ1) is 12.3. The Morgan fingerprint density at radius 3 is 2.65 bits per heavy atom. The van der Waals surface area contributed by atoms with Crippen LogP contribution in [-0.2, 0) is 0 Å². The van der Waals surface area contributed by atoms with Crippen LogP contribution >= 0.6 is 0 Å². The summed E-state index contributed by atoms with van der Waals surface area (Å²) >= 11 is 0. The van der Waals surface area contributed by atoms with Gasteiger partial charge in [-0.3, -0.25) is 4.79 Å². The Kier molecular flexibility index (Phi) is 2.90. The minimum atomic E-state index is -0.819. The highest BCUT2D eigenvalue weighted by Gasteiger charge is 2.13. The average molecular weight is 273 g/mol. The lowest BCUT2D eigenvalue weighted by Gasteiger charge is -2.07. The Bertz CT molecular complexity index is 778. The highest BCUT2D eigenvalue weighted by atomic mass is 19.1. The third kappa shape index (κ3) is 2.11. The molecular weight excluding hydrogens is 264 g/mol. The summed E-state index contributed by atoms with van der Waals surface area (Å²) in [5.74, 6) is -2.23. The van der Waals surface area contributed by atoms with Crippen molar-refractivity contribution in [1.29, 1.82) is 0 Å². The van der Waals surface area contributed by atoms with Gasteiger partial charge in [-0.2, -0.15) is 0 Å². The van der Waals surface area contributed by atoms with Gasteiger partial charge in [-0.1, -0.05) is 6.07 Å².